The summed E-state index contributed by atoms with van der Waals surface area (Å²) in [7, 11) is 0. The van der Waals surface area contributed by atoms with Crippen LogP contribution in [0.25, 0.3) is 0 Å². The number of benzene rings is 2. The molecule has 0 radical (unpaired) electrons. The summed E-state index contributed by atoms with van der Waals surface area (Å²) >= 11 is 2.43. The van der Waals surface area contributed by atoms with Gasteiger partial charge in [-0.1, -0.05) is 53.4 Å². The van der Waals surface area contributed by atoms with Crippen LogP contribution >= 0.6 is 22.7 Å². The largest absolute Gasteiger partial charge is 0.573 e. The smallest absolute Gasteiger partial charge is 0.406 e. The number of anilines is 2. The number of aromatic nitrogens is 4. The Balaban J connectivity index is 1.13. The molecule has 2 amide bonds. The van der Waals surface area contributed by atoms with Gasteiger partial charge in [0, 0.05) is 11.8 Å². The second-order valence-corrected chi connectivity index (χ2v) is 12.3. The van der Waals surface area contributed by atoms with Crippen molar-refractivity contribution in [3.63, 3.8) is 0 Å². The first-order chi connectivity index (χ1) is 21.8. The van der Waals surface area contributed by atoms with Gasteiger partial charge >= 0.3 is 12.7 Å². The lowest BCUT2D eigenvalue weighted by atomic mass is 9.82. The maximum Gasteiger partial charge on any atom is 0.573 e. The Morgan fingerprint density at radius 3 is 1.57 bits per heavy atom. The molecule has 1 fully saturated rings. The van der Waals surface area contributed by atoms with Crippen molar-refractivity contribution >= 4 is 44.8 Å². The van der Waals surface area contributed by atoms with Crippen molar-refractivity contribution in [2.24, 2.45) is 0 Å². The highest BCUT2D eigenvalue weighted by atomic mass is 32.1. The first kappa shape index (κ1) is 33.1. The highest BCUT2D eigenvalue weighted by Gasteiger charge is 2.32. The van der Waals surface area contributed by atoms with Crippen molar-refractivity contribution in [1.29, 1.82) is 0 Å². The molecule has 0 unspecified atom stereocenters. The quantitative estimate of drug-likeness (QED) is 0.171. The maximum absolute atomic E-state index is 12.5. The van der Waals surface area contributed by atoms with E-state index in [9.17, 15) is 35.9 Å². The minimum absolute atomic E-state index is 0.0336. The van der Waals surface area contributed by atoms with Gasteiger partial charge in [0.15, 0.2) is 0 Å². The summed E-state index contributed by atoms with van der Waals surface area (Å²) in [6.45, 7) is 0. The molecule has 46 heavy (non-hydrogen) atoms. The van der Waals surface area contributed by atoms with E-state index in [1.54, 1.807) is 0 Å². The van der Waals surface area contributed by atoms with Crippen molar-refractivity contribution in [2.75, 3.05) is 10.6 Å². The summed E-state index contributed by atoms with van der Waals surface area (Å²) in [5.74, 6) is -1.72. The minimum Gasteiger partial charge on any atom is -0.406 e. The standard InChI is InChI=1S/C28H24F6N6O4S2/c29-27(30,31)43-19-8-1-4-15(10-19)12-21(41)35-25-39-37-23(45-25)17-6-3-7-18(14-17)24-38-40-26(46-24)36-22(42)13-16-5-2-9-20(11-16)44-28(32,33)34/h1-2,4-5,8-11,17-18H,3,6-7,12-14H2,(H,35,39,41)(H,36,40,42)/t17-,18-/m0/s1. The maximum atomic E-state index is 12.5. The molecule has 1 aliphatic rings. The van der Waals surface area contributed by atoms with Crippen molar-refractivity contribution in [3.8, 4) is 11.5 Å². The predicted molar refractivity (Wildman–Crippen MR) is 155 cm³/mol. The number of carbonyl (C=O) groups is 2. The van der Waals surface area contributed by atoms with Crippen molar-refractivity contribution in [3.05, 3.63) is 69.7 Å². The molecular formula is C28H24F6N6O4S2. The molecule has 1 saturated carbocycles. The van der Waals surface area contributed by atoms with Crippen LogP contribution in [-0.4, -0.2) is 44.9 Å². The van der Waals surface area contributed by atoms with Crippen LogP contribution in [0.1, 0.15) is 58.7 Å². The third-order valence-electron chi connectivity index (χ3n) is 6.74. The van der Waals surface area contributed by atoms with Gasteiger partial charge in [0.25, 0.3) is 0 Å². The molecule has 0 saturated heterocycles. The van der Waals surface area contributed by atoms with Crippen LogP contribution in [-0.2, 0) is 22.4 Å². The van der Waals surface area contributed by atoms with Crippen LogP contribution < -0.4 is 20.1 Å². The molecular weight excluding hydrogens is 662 g/mol. The van der Waals surface area contributed by atoms with Crippen LogP contribution in [0.3, 0.4) is 0 Å². The van der Waals surface area contributed by atoms with Crippen LogP contribution in [0.2, 0.25) is 0 Å². The Hall–Kier alpha value is -4.32. The molecule has 4 aromatic rings. The van der Waals surface area contributed by atoms with E-state index < -0.39 is 36.0 Å². The number of halogens is 6. The molecule has 0 aliphatic heterocycles. The van der Waals surface area contributed by atoms with Gasteiger partial charge in [-0.3, -0.25) is 9.59 Å². The monoisotopic (exact) mass is 686 g/mol. The number of amides is 2. The van der Waals surface area contributed by atoms with Gasteiger partial charge in [-0.25, -0.2) is 0 Å². The van der Waals surface area contributed by atoms with E-state index >= 15 is 0 Å². The van der Waals surface area contributed by atoms with E-state index in [4.69, 9.17) is 0 Å². The van der Waals surface area contributed by atoms with Crippen LogP contribution in [0.5, 0.6) is 11.5 Å². The zero-order valence-electron chi connectivity index (χ0n) is 23.5. The number of ether oxygens (including phenoxy) is 2. The molecule has 0 spiro atoms. The number of hydrogen-bond acceptors (Lipinski definition) is 10. The van der Waals surface area contributed by atoms with Crippen molar-refractivity contribution in [1.82, 2.24) is 20.4 Å². The van der Waals surface area contributed by atoms with Crippen LogP contribution in [0.4, 0.5) is 36.6 Å². The van der Waals surface area contributed by atoms with E-state index in [1.807, 2.05) is 0 Å². The zero-order chi connectivity index (χ0) is 32.9. The number of carbonyl (C=O) groups excluding carboxylic acids is 2. The normalized spacial score (nSPS) is 16.9. The van der Waals surface area contributed by atoms with Gasteiger partial charge < -0.3 is 20.1 Å². The van der Waals surface area contributed by atoms with Gasteiger partial charge in [-0.15, -0.1) is 46.7 Å². The average Bonchev–Trinajstić information content (AvgIpc) is 3.61. The van der Waals surface area contributed by atoms with Gasteiger partial charge in [-0.2, -0.15) is 0 Å². The van der Waals surface area contributed by atoms with Gasteiger partial charge in [-0.05, 0) is 54.7 Å². The fourth-order valence-corrected chi connectivity index (χ4v) is 6.76. The Labute approximate surface area is 265 Å². The van der Waals surface area contributed by atoms with Gasteiger partial charge in [0.05, 0.1) is 12.8 Å². The Kier molecular flexibility index (Phi) is 10.0. The molecule has 2 N–H and O–H groups in total. The third kappa shape index (κ3) is 9.84. The van der Waals surface area contributed by atoms with Gasteiger partial charge in [0.2, 0.25) is 22.1 Å². The van der Waals surface area contributed by atoms with E-state index in [-0.39, 0.29) is 34.9 Å². The van der Waals surface area contributed by atoms with Crippen LogP contribution in [0, 0.1) is 0 Å². The molecule has 18 heteroatoms. The average molecular weight is 687 g/mol. The number of nitrogens with zero attached hydrogens (tertiary/aromatic N) is 4. The first-order valence-electron chi connectivity index (χ1n) is 13.7. The number of nitrogens with one attached hydrogen (secondary N) is 2. The van der Waals surface area contributed by atoms with Gasteiger partial charge in [0.1, 0.15) is 21.5 Å². The fourth-order valence-electron chi connectivity index (χ4n) is 4.94. The summed E-state index contributed by atoms with van der Waals surface area (Å²) < 4.78 is 82.8. The predicted octanol–water partition coefficient (Wildman–Crippen LogP) is 6.99. The Bertz CT molecular complexity index is 1560. The minimum atomic E-state index is -4.84. The zero-order valence-corrected chi connectivity index (χ0v) is 25.2. The third-order valence-corrected chi connectivity index (χ3v) is 8.74. The number of alkyl halides is 6. The molecule has 244 valence electrons. The molecule has 2 atom stereocenters. The summed E-state index contributed by atoms with van der Waals surface area (Å²) in [4.78, 5) is 25.0. The Morgan fingerprint density at radius 1 is 0.717 bits per heavy atom. The highest BCUT2D eigenvalue weighted by molar-refractivity contribution is 7.15. The molecule has 10 nitrogen and oxygen atoms in total. The number of rotatable bonds is 10. The first-order valence-corrected chi connectivity index (χ1v) is 15.4. The second-order valence-electron chi connectivity index (χ2n) is 10.3. The summed E-state index contributed by atoms with van der Waals surface area (Å²) in [5, 5.41) is 23.8. The van der Waals surface area contributed by atoms with Crippen LogP contribution in [0.15, 0.2) is 48.5 Å². The molecule has 2 aromatic carbocycles. The Morgan fingerprint density at radius 2 is 1.15 bits per heavy atom. The lowest BCUT2D eigenvalue weighted by molar-refractivity contribution is -0.275. The molecule has 2 heterocycles. The highest BCUT2D eigenvalue weighted by Crippen LogP contribution is 2.43. The fraction of sp³-hybridized carbons (Fsp3) is 0.357. The molecule has 0 bridgehead atoms. The molecule has 5 rings (SSSR count). The lowest BCUT2D eigenvalue weighted by Crippen LogP contribution is -2.18. The molecule has 1 aliphatic carbocycles. The van der Waals surface area contributed by atoms with E-state index in [0.29, 0.717) is 17.5 Å². The van der Waals surface area contributed by atoms with E-state index in [2.05, 4.69) is 40.5 Å². The SMILES string of the molecule is O=C(Cc1cccc(OC(F)(F)F)c1)Nc1nnc([C@H]2CCC[C@H](c3nnc(NC(=O)Cc4cccc(OC(F)(F)F)c4)s3)C2)s1. The number of hydrogen-bond donors (Lipinski definition) is 2. The topological polar surface area (TPSA) is 128 Å². The lowest BCUT2D eigenvalue weighted by Gasteiger charge is -2.25. The molecule has 2 aromatic heterocycles. The summed E-state index contributed by atoms with van der Waals surface area (Å²) in [6.07, 6.45) is -6.84. The second kappa shape index (κ2) is 14.0. The van der Waals surface area contributed by atoms with Crippen molar-refractivity contribution < 1.29 is 45.4 Å². The van der Waals surface area contributed by atoms with E-state index in [1.165, 1.54) is 46.9 Å². The summed E-state index contributed by atoms with van der Waals surface area (Å²) in [5.41, 5.74) is 0.660. The summed E-state index contributed by atoms with van der Waals surface area (Å²) in [6, 6.07) is 10.3. The van der Waals surface area contributed by atoms with Crippen molar-refractivity contribution in [2.45, 2.75) is 63.1 Å². The van der Waals surface area contributed by atoms with E-state index in [0.717, 1.165) is 53.5 Å².